The van der Waals surface area contributed by atoms with Crippen molar-refractivity contribution in [1.82, 2.24) is 19.2 Å². The molecule has 0 radical (unpaired) electrons. The molecule has 210 valence electrons. The average molecular weight is 578 g/mol. The molecule has 1 saturated heterocycles. The molecule has 7 nitrogen and oxygen atoms in total. The van der Waals surface area contributed by atoms with Crippen molar-refractivity contribution in [2.45, 2.75) is 32.1 Å². The molecule has 0 unspecified atom stereocenters. The molecular weight excluding hydrogens is 555 g/mol. The first-order chi connectivity index (χ1) is 18.3. The molecular formula is C24H22F7N5O2S. The van der Waals surface area contributed by atoms with Crippen LogP contribution in [-0.4, -0.2) is 57.6 Å². The molecule has 1 amide bonds. The highest BCUT2D eigenvalue weighted by atomic mass is 32.1. The summed E-state index contributed by atoms with van der Waals surface area (Å²) in [4.78, 5) is 21.9. The Hall–Kier alpha value is -3.33. The molecule has 1 atom stereocenters. The van der Waals surface area contributed by atoms with Crippen LogP contribution < -0.4 is 10.1 Å². The lowest BCUT2D eigenvalue weighted by Gasteiger charge is -2.18. The van der Waals surface area contributed by atoms with Gasteiger partial charge in [-0.3, -0.25) is 14.7 Å². The molecule has 1 aliphatic heterocycles. The maximum Gasteiger partial charge on any atom is 0.434 e. The van der Waals surface area contributed by atoms with Crippen LogP contribution in [-0.2, 0) is 12.6 Å². The number of alkyl halides is 6. The third-order valence-corrected chi connectivity index (χ3v) is 6.87. The Bertz CT molecular complexity index is 1310. The summed E-state index contributed by atoms with van der Waals surface area (Å²) in [6, 6.07) is 3.68. The zero-order valence-corrected chi connectivity index (χ0v) is 21.2. The summed E-state index contributed by atoms with van der Waals surface area (Å²) >= 11 is 0.991. The summed E-state index contributed by atoms with van der Waals surface area (Å²) < 4.78 is 100. The van der Waals surface area contributed by atoms with Gasteiger partial charge in [-0.15, -0.1) is 0 Å². The Kier molecular flexibility index (Phi) is 8.39. The monoisotopic (exact) mass is 577 g/mol. The van der Waals surface area contributed by atoms with Crippen molar-refractivity contribution in [3.8, 4) is 5.75 Å². The van der Waals surface area contributed by atoms with Gasteiger partial charge in [0.15, 0.2) is 17.3 Å². The summed E-state index contributed by atoms with van der Waals surface area (Å²) in [6.45, 7) is 1.03. The molecule has 1 N–H and O–H groups in total. The molecule has 3 heterocycles. The van der Waals surface area contributed by atoms with Crippen LogP contribution in [0.4, 0.5) is 36.4 Å². The minimum Gasteiger partial charge on any atom is -0.490 e. The van der Waals surface area contributed by atoms with Crippen LogP contribution in [0.25, 0.3) is 0 Å². The van der Waals surface area contributed by atoms with E-state index in [9.17, 15) is 35.5 Å². The zero-order chi connectivity index (χ0) is 28.4. The van der Waals surface area contributed by atoms with Crippen LogP contribution in [0.5, 0.6) is 5.75 Å². The van der Waals surface area contributed by atoms with Gasteiger partial charge in [-0.1, -0.05) is 0 Å². The second kappa shape index (κ2) is 11.4. The van der Waals surface area contributed by atoms with E-state index >= 15 is 0 Å². The molecule has 0 spiro atoms. The van der Waals surface area contributed by atoms with Crippen molar-refractivity contribution in [3.05, 3.63) is 63.9 Å². The van der Waals surface area contributed by atoms with Gasteiger partial charge >= 0.3 is 12.4 Å². The van der Waals surface area contributed by atoms with Crippen molar-refractivity contribution in [2.75, 3.05) is 31.6 Å². The Morgan fingerprint density at radius 1 is 1.18 bits per heavy atom. The number of benzene rings is 1. The second-order valence-electron chi connectivity index (χ2n) is 9.05. The van der Waals surface area contributed by atoms with E-state index in [1.807, 2.05) is 0 Å². The van der Waals surface area contributed by atoms with E-state index in [1.54, 1.807) is 6.92 Å². The van der Waals surface area contributed by atoms with Gasteiger partial charge in [0, 0.05) is 41.7 Å². The van der Waals surface area contributed by atoms with Gasteiger partial charge in [-0.05, 0) is 43.6 Å². The standard InChI is InChI=1S/C24H22F7N5O2S/c1-13-21(19(39-35-13)7-16-8-33-20(9-32-16)24(29,30)31)22(37)34-15-2-3-17(25)18(6-15)38-11-14-4-5-36(10-14)12-23(26,27)28/h2-3,6,8-9,14H,4-5,7,10-12H2,1H3,(H,34,37)/t14-/m1/s1. The van der Waals surface area contributed by atoms with E-state index in [0.29, 0.717) is 23.2 Å². The van der Waals surface area contributed by atoms with E-state index in [2.05, 4.69) is 19.7 Å². The fraction of sp³-hybridized carbons (Fsp3) is 0.417. The molecule has 1 fully saturated rings. The fourth-order valence-corrected chi connectivity index (χ4v) is 5.01. The number of carbonyl (C=O) groups is 1. The Balaban J connectivity index is 1.40. The minimum absolute atomic E-state index is 0.00848. The lowest BCUT2D eigenvalue weighted by atomic mass is 10.1. The quantitative estimate of drug-likeness (QED) is 0.356. The number of amides is 1. The number of nitrogens with zero attached hydrogens (tertiary/aromatic N) is 4. The molecule has 0 aliphatic carbocycles. The highest BCUT2D eigenvalue weighted by Crippen LogP contribution is 2.29. The van der Waals surface area contributed by atoms with Crippen LogP contribution in [0.2, 0.25) is 0 Å². The Morgan fingerprint density at radius 2 is 1.95 bits per heavy atom. The molecule has 1 aromatic carbocycles. The highest BCUT2D eigenvalue weighted by Gasteiger charge is 2.35. The van der Waals surface area contributed by atoms with Gasteiger partial charge in [0.25, 0.3) is 5.91 Å². The highest BCUT2D eigenvalue weighted by molar-refractivity contribution is 7.06. The third kappa shape index (κ3) is 7.62. The summed E-state index contributed by atoms with van der Waals surface area (Å²) in [6.07, 6.45) is -6.83. The summed E-state index contributed by atoms with van der Waals surface area (Å²) in [5, 5.41) is 2.63. The molecule has 2 aromatic heterocycles. The van der Waals surface area contributed by atoms with Crippen molar-refractivity contribution in [2.24, 2.45) is 5.92 Å². The number of ether oxygens (including phenoxy) is 1. The van der Waals surface area contributed by atoms with E-state index in [0.717, 1.165) is 23.8 Å². The predicted molar refractivity (Wildman–Crippen MR) is 127 cm³/mol. The van der Waals surface area contributed by atoms with Crippen LogP contribution in [0.1, 0.15) is 38.7 Å². The lowest BCUT2D eigenvalue weighted by Crippen LogP contribution is -2.32. The number of carbonyl (C=O) groups excluding carboxylic acids is 1. The number of hydrogen-bond donors (Lipinski definition) is 1. The third-order valence-electron chi connectivity index (χ3n) is 5.93. The van der Waals surface area contributed by atoms with Gasteiger partial charge in [-0.25, -0.2) is 9.37 Å². The normalized spacial score (nSPS) is 16.5. The smallest absolute Gasteiger partial charge is 0.434 e. The summed E-state index contributed by atoms with van der Waals surface area (Å²) in [5.74, 6) is -1.65. The number of hydrogen-bond acceptors (Lipinski definition) is 7. The average Bonchev–Trinajstić information content (AvgIpc) is 3.43. The van der Waals surface area contributed by atoms with Gasteiger partial charge < -0.3 is 10.1 Å². The lowest BCUT2D eigenvalue weighted by molar-refractivity contribution is -0.144. The number of aromatic nitrogens is 3. The van der Waals surface area contributed by atoms with Crippen LogP contribution in [0, 0.1) is 18.7 Å². The zero-order valence-electron chi connectivity index (χ0n) is 20.4. The van der Waals surface area contributed by atoms with Gasteiger partial charge in [-0.2, -0.15) is 30.7 Å². The van der Waals surface area contributed by atoms with Crippen LogP contribution in [0.3, 0.4) is 0 Å². The topological polar surface area (TPSA) is 80.2 Å². The van der Waals surface area contributed by atoms with Gasteiger partial charge in [0.2, 0.25) is 0 Å². The van der Waals surface area contributed by atoms with Crippen LogP contribution >= 0.6 is 11.5 Å². The molecule has 1 aliphatic rings. The molecule has 0 saturated carbocycles. The number of rotatable bonds is 8. The van der Waals surface area contributed by atoms with Crippen LogP contribution in [0.15, 0.2) is 30.6 Å². The maximum absolute atomic E-state index is 14.3. The number of aryl methyl sites for hydroxylation is 1. The molecule has 39 heavy (non-hydrogen) atoms. The van der Waals surface area contributed by atoms with Crippen molar-refractivity contribution in [3.63, 3.8) is 0 Å². The van der Waals surface area contributed by atoms with E-state index < -0.39 is 36.3 Å². The number of anilines is 1. The largest absolute Gasteiger partial charge is 0.490 e. The predicted octanol–water partition coefficient (Wildman–Crippen LogP) is 5.51. The fourth-order valence-electron chi connectivity index (χ4n) is 4.12. The number of likely N-dealkylation sites (tertiary alicyclic amines) is 1. The SMILES string of the molecule is Cc1nsc(Cc2cnc(C(F)(F)F)cn2)c1C(=O)Nc1ccc(F)c(OC[C@@H]2CCN(CC(F)(F)F)C2)c1. The first-order valence-electron chi connectivity index (χ1n) is 11.6. The van der Waals surface area contributed by atoms with E-state index in [1.165, 1.54) is 17.0 Å². The van der Waals surface area contributed by atoms with E-state index in [4.69, 9.17) is 4.74 Å². The van der Waals surface area contributed by atoms with Crippen molar-refractivity contribution < 1.29 is 40.3 Å². The van der Waals surface area contributed by atoms with Crippen molar-refractivity contribution in [1.29, 1.82) is 0 Å². The Labute approximate surface area is 222 Å². The van der Waals surface area contributed by atoms with Gasteiger partial charge in [0.05, 0.1) is 36.3 Å². The number of nitrogens with one attached hydrogen (secondary N) is 1. The first kappa shape index (κ1) is 28.7. The van der Waals surface area contributed by atoms with E-state index in [-0.39, 0.29) is 54.7 Å². The first-order valence-corrected chi connectivity index (χ1v) is 12.4. The maximum atomic E-state index is 14.3. The number of halogens is 7. The molecule has 15 heteroatoms. The summed E-state index contributed by atoms with van der Waals surface area (Å²) in [7, 11) is 0. The Morgan fingerprint density at radius 3 is 2.62 bits per heavy atom. The molecule has 0 bridgehead atoms. The second-order valence-corrected chi connectivity index (χ2v) is 9.91. The minimum atomic E-state index is -4.63. The molecule has 3 aromatic rings. The van der Waals surface area contributed by atoms with Crippen molar-refractivity contribution >= 4 is 23.1 Å². The summed E-state index contributed by atoms with van der Waals surface area (Å²) in [5.41, 5.74) is -0.142. The molecule has 4 rings (SSSR count). The van der Waals surface area contributed by atoms with Gasteiger partial charge in [0.1, 0.15) is 0 Å².